The normalized spacial score (nSPS) is 11.2. The molecule has 0 fully saturated rings. The number of anilines is 1. The summed E-state index contributed by atoms with van der Waals surface area (Å²) in [5.74, 6) is 1.95. The van der Waals surface area contributed by atoms with Crippen LogP contribution in [0.25, 0.3) is 22.3 Å². The molecule has 0 amide bonds. The molecule has 0 unspecified atom stereocenters. The van der Waals surface area contributed by atoms with Crippen LogP contribution in [0.5, 0.6) is 11.5 Å². The van der Waals surface area contributed by atoms with Crippen molar-refractivity contribution in [3.05, 3.63) is 81.6 Å². The highest BCUT2D eigenvalue weighted by Crippen LogP contribution is 2.34. The Balaban J connectivity index is 1.94. The second kappa shape index (κ2) is 11.8. The zero-order valence-electron chi connectivity index (χ0n) is 23.2. The third-order valence-electron chi connectivity index (χ3n) is 6.39. The van der Waals surface area contributed by atoms with Gasteiger partial charge in [-0.15, -0.1) is 0 Å². The molecule has 3 aromatic carbocycles. The van der Waals surface area contributed by atoms with Crippen LogP contribution in [-0.4, -0.2) is 43.2 Å². The van der Waals surface area contributed by atoms with E-state index in [1.165, 1.54) is 4.68 Å². The van der Waals surface area contributed by atoms with E-state index >= 15 is 0 Å². The predicted octanol–water partition coefficient (Wildman–Crippen LogP) is 5.74. The first kappa shape index (κ1) is 27.4. The Kier molecular flexibility index (Phi) is 8.30. The van der Waals surface area contributed by atoms with Gasteiger partial charge in [0.05, 0.1) is 23.7 Å². The third-order valence-corrected chi connectivity index (χ3v) is 6.39. The lowest BCUT2D eigenvalue weighted by atomic mass is 9.96. The van der Waals surface area contributed by atoms with E-state index in [-0.39, 0.29) is 18.1 Å². The average Bonchev–Trinajstić information content (AvgIpc) is 2.91. The van der Waals surface area contributed by atoms with Gasteiger partial charge in [0.2, 0.25) is 0 Å². The van der Waals surface area contributed by atoms with Crippen LogP contribution in [0.1, 0.15) is 43.4 Å². The number of benzene rings is 3. The Morgan fingerprint density at radius 1 is 1.10 bits per heavy atom. The number of hydrogen-bond donors (Lipinski definition) is 0. The summed E-state index contributed by atoms with van der Waals surface area (Å²) in [6.07, 6.45) is 1.57. The average molecular weight is 524 g/mol. The molecule has 0 aliphatic rings. The molecule has 0 spiro atoms. The van der Waals surface area contributed by atoms with E-state index in [4.69, 9.17) is 19.7 Å². The van der Waals surface area contributed by atoms with Crippen molar-refractivity contribution in [1.82, 2.24) is 9.66 Å². The van der Waals surface area contributed by atoms with E-state index < -0.39 is 0 Å². The maximum atomic E-state index is 13.7. The molecular formula is C31H33N5O3. The van der Waals surface area contributed by atoms with Crippen LogP contribution in [0.3, 0.4) is 0 Å². The standard InChI is InChI=1S/C31H33N5O3/c1-7-38-29-16-21(4)26(18-25(29)20(2)3)30-34-27-11-9-8-10-24(27)31(37)36(30)33-19-22-12-13-23(35(5)6)17-28(22)39-15-14-32/h8-13,16-20H,7,15H2,1-6H3. The maximum Gasteiger partial charge on any atom is 0.282 e. The molecule has 0 bridgehead atoms. The minimum Gasteiger partial charge on any atom is -0.494 e. The minimum atomic E-state index is -0.282. The van der Waals surface area contributed by atoms with E-state index in [9.17, 15) is 4.79 Å². The second-order valence-electron chi connectivity index (χ2n) is 9.67. The van der Waals surface area contributed by atoms with Crippen molar-refractivity contribution >= 4 is 22.8 Å². The molecule has 200 valence electrons. The Hall–Kier alpha value is -4.64. The Morgan fingerprint density at radius 3 is 2.56 bits per heavy atom. The van der Waals surface area contributed by atoms with Gasteiger partial charge in [-0.1, -0.05) is 26.0 Å². The number of ether oxygens (including phenoxy) is 2. The molecule has 0 N–H and O–H groups in total. The van der Waals surface area contributed by atoms with Gasteiger partial charge in [-0.3, -0.25) is 4.79 Å². The molecule has 1 heterocycles. The number of hydrogen-bond acceptors (Lipinski definition) is 7. The second-order valence-corrected chi connectivity index (χ2v) is 9.67. The van der Waals surface area contributed by atoms with Gasteiger partial charge in [0.15, 0.2) is 12.4 Å². The number of para-hydroxylation sites is 1. The summed E-state index contributed by atoms with van der Waals surface area (Å²) < 4.78 is 12.9. The number of rotatable bonds is 9. The molecule has 0 saturated heterocycles. The number of aryl methyl sites for hydroxylation is 1. The maximum absolute atomic E-state index is 13.7. The summed E-state index contributed by atoms with van der Waals surface area (Å²) in [7, 11) is 3.85. The molecule has 0 aliphatic heterocycles. The molecule has 4 aromatic rings. The predicted molar refractivity (Wildman–Crippen MR) is 156 cm³/mol. The van der Waals surface area contributed by atoms with Gasteiger partial charge in [0.1, 0.15) is 17.6 Å². The van der Waals surface area contributed by atoms with E-state index in [0.717, 1.165) is 28.1 Å². The lowest BCUT2D eigenvalue weighted by Crippen LogP contribution is -2.21. The molecule has 0 aliphatic carbocycles. The highest BCUT2D eigenvalue weighted by atomic mass is 16.5. The number of nitrogens with zero attached hydrogens (tertiary/aromatic N) is 5. The molecule has 1 aromatic heterocycles. The van der Waals surface area contributed by atoms with Crippen molar-refractivity contribution in [3.63, 3.8) is 0 Å². The number of aromatic nitrogens is 2. The van der Waals surface area contributed by atoms with Gasteiger partial charge in [-0.05, 0) is 67.3 Å². The van der Waals surface area contributed by atoms with Gasteiger partial charge in [0.25, 0.3) is 5.56 Å². The fourth-order valence-electron chi connectivity index (χ4n) is 4.34. The summed E-state index contributed by atoms with van der Waals surface area (Å²) in [5, 5.41) is 14.2. The summed E-state index contributed by atoms with van der Waals surface area (Å²) in [6.45, 7) is 8.61. The molecule has 0 radical (unpaired) electrons. The molecule has 39 heavy (non-hydrogen) atoms. The Labute approximate surface area is 228 Å². The van der Waals surface area contributed by atoms with Crippen LogP contribution >= 0.6 is 0 Å². The van der Waals surface area contributed by atoms with Crippen LogP contribution in [-0.2, 0) is 0 Å². The van der Waals surface area contributed by atoms with E-state index in [1.54, 1.807) is 12.3 Å². The quantitative estimate of drug-likeness (QED) is 0.260. The number of nitriles is 1. The number of fused-ring (bicyclic) bond motifs is 1. The van der Waals surface area contributed by atoms with Crippen molar-refractivity contribution in [3.8, 4) is 29.0 Å². The van der Waals surface area contributed by atoms with Crippen molar-refractivity contribution in [2.24, 2.45) is 5.10 Å². The molecule has 8 nitrogen and oxygen atoms in total. The molecule has 4 rings (SSSR count). The van der Waals surface area contributed by atoms with Crippen LogP contribution < -0.4 is 19.9 Å². The van der Waals surface area contributed by atoms with Gasteiger partial charge in [-0.2, -0.15) is 15.0 Å². The van der Waals surface area contributed by atoms with Crippen molar-refractivity contribution in [2.45, 2.75) is 33.6 Å². The first-order valence-corrected chi connectivity index (χ1v) is 12.9. The van der Waals surface area contributed by atoms with Crippen LogP contribution in [0.15, 0.2) is 64.5 Å². The first-order valence-electron chi connectivity index (χ1n) is 12.9. The zero-order valence-corrected chi connectivity index (χ0v) is 23.2. The highest BCUT2D eigenvalue weighted by Gasteiger charge is 2.19. The molecule has 8 heteroatoms. The smallest absolute Gasteiger partial charge is 0.282 e. The largest absolute Gasteiger partial charge is 0.494 e. The zero-order chi connectivity index (χ0) is 28.1. The molecular weight excluding hydrogens is 490 g/mol. The summed E-state index contributed by atoms with van der Waals surface area (Å²) in [6, 6.07) is 18.9. The van der Waals surface area contributed by atoms with Crippen molar-refractivity contribution in [2.75, 3.05) is 32.2 Å². The van der Waals surface area contributed by atoms with E-state index in [1.807, 2.05) is 87.4 Å². The van der Waals surface area contributed by atoms with Crippen molar-refractivity contribution < 1.29 is 9.47 Å². The van der Waals surface area contributed by atoms with Gasteiger partial charge in [-0.25, -0.2) is 4.98 Å². The fourth-order valence-corrected chi connectivity index (χ4v) is 4.34. The molecule has 0 saturated carbocycles. The third kappa shape index (κ3) is 5.78. The topological polar surface area (TPSA) is 92.7 Å². The van der Waals surface area contributed by atoms with E-state index in [0.29, 0.717) is 34.6 Å². The SMILES string of the molecule is CCOc1cc(C)c(-c2nc3ccccc3c(=O)n2N=Cc2ccc(N(C)C)cc2OCC#N)cc1C(C)C. The van der Waals surface area contributed by atoms with Gasteiger partial charge in [0, 0.05) is 37.0 Å². The van der Waals surface area contributed by atoms with Gasteiger partial charge >= 0.3 is 0 Å². The summed E-state index contributed by atoms with van der Waals surface area (Å²) in [5.41, 5.74) is 4.60. The Morgan fingerprint density at radius 2 is 1.87 bits per heavy atom. The van der Waals surface area contributed by atoms with Crippen LogP contribution in [0.2, 0.25) is 0 Å². The lowest BCUT2D eigenvalue weighted by molar-refractivity contribution is 0.335. The van der Waals surface area contributed by atoms with Crippen LogP contribution in [0, 0.1) is 18.3 Å². The molecule has 0 atom stereocenters. The summed E-state index contributed by atoms with van der Waals surface area (Å²) >= 11 is 0. The van der Waals surface area contributed by atoms with E-state index in [2.05, 4.69) is 18.9 Å². The van der Waals surface area contributed by atoms with Gasteiger partial charge < -0.3 is 14.4 Å². The summed E-state index contributed by atoms with van der Waals surface area (Å²) in [4.78, 5) is 20.6. The highest BCUT2D eigenvalue weighted by molar-refractivity contribution is 5.85. The monoisotopic (exact) mass is 523 g/mol. The minimum absolute atomic E-state index is 0.107. The fraction of sp³-hybridized carbons (Fsp3) is 0.290. The Bertz CT molecular complexity index is 1630. The van der Waals surface area contributed by atoms with Crippen LogP contribution in [0.4, 0.5) is 5.69 Å². The van der Waals surface area contributed by atoms with Crippen molar-refractivity contribution in [1.29, 1.82) is 5.26 Å². The lowest BCUT2D eigenvalue weighted by Gasteiger charge is -2.18. The first-order chi connectivity index (χ1) is 18.7.